The first kappa shape index (κ1) is 13.6. The van der Waals surface area contributed by atoms with E-state index in [4.69, 9.17) is 0 Å². The van der Waals surface area contributed by atoms with Crippen molar-refractivity contribution in [1.82, 2.24) is 4.90 Å². The van der Waals surface area contributed by atoms with Crippen LogP contribution < -0.4 is 0 Å². The predicted molar refractivity (Wildman–Crippen MR) is 79.0 cm³/mol. The van der Waals surface area contributed by atoms with Crippen LogP contribution in [0.15, 0.2) is 18.2 Å². The lowest BCUT2D eigenvalue weighted by molar-refractivity contribution is 0.181. The second kappa shape index (κ2) is 5.88. The van der Waals surface area contributed by atoms with E-state index < -0.39 is 0 Å². The summed E-state index contributed by atoms with van der Waals surface area (Å²) in [7, 11) is 0. The minimum absolute atomic E-state index is 0.646. The van der Waals surface area contributed by atoms with Crippen molar-refractivity contribution < 1.29 is 0 Å². The molecule has 0 bridgehead atoms. The molecule has 0 amide bonds. The molecule has 1 heteroatoms. The summed E-state index contributed by atoms with van der Waals surface area (Å²) in [6, 6.07) is 7.84. The number of rotatable bonds is 4. The Morgan fingerprint density at radius 3 is 2.61 bits per heavy atom. The third kappa shape index (κ3) is 2.95. The molecule has 1 atom stereocenters. The van der Waals surface area contributed by atoms with Crippen LogP contribution >= 0.6 is 0 Å². The minimum Gasteiger partial charge on any atom is -0.296 e. The van der Waals surface area contributed by atoms with Crippen molar-refractivity contribution in [3.8, 4) is 0 Å². The van der Waals surface area contributed by atoms with Gasteiger partial charge in [-0.2, -0.15) is 0 Å². The fourth-order valence-electron chi connectivity index (χ4n) is 2.93. The monoisotopic (exact) mass is 245 g/mol. The van der Waals surface area contributed by atoms with Crippen LogP contribution in [0.2, 0.25) is 0 Å². The Balaban J connectivity index is 2.11. The van der Waals surface area contributed by atoms with Crippen molar-refractivity contribution in [3.05, 3.63) is 34.9 Å². The summed E-state index contributed by atoms with van der Waals surface area (Å²) in [5, 5.41) is 0. The van der Waals surface area contributed by atoms with E-state index in [9.17, 15) is 0 Å². The fraction of sp³-hybridized carbons (Fsp3) is 0.647. The zero-order valence-corrected chi connectivity index (χ0v) is 12.4. The van der Waals surface area contributed by atoms with Crippen LogP contribution in [0.5, 0.6) is 0 Å². The summed E-state index contributed by atoms with van der Waals surface area (Å²) in [6.07, 6.45) is 3.83. The smallest absolute Gasteiger partial charge is 0.0239 e. The summed E-state index contributed by atoms with van der Waals surface area (Å²) in [6.45, 7) is 11.6. The zero-order chi connectivity index (χ0) is 13.1. The van der Waals surface area contributed by atoms with Crippen LogP contribution in [0, 0.1) is 0 Å². The zero-order valence-electron chi connectivity index (χ0n) is 12.4. The molecule has 1 heterocycles. The third-order valence-corrected chi connectivity index (χ3v) is 4.27. The molecule has 0 fully saturated rings. The topological polar surface area (TPSA) is 3.24 Å². The van der Waals surface area contributed by atoms with Gasteiger partial charge in [0.05, 0.1) is 0 Å². The van der Waals surface area contributed by atoms with Gasteiger partial charge in [-0.15, -0.1) is 0 Å². The lowest BCUT2D eigenvalue weighted by atomic mass is 9.92. The van der Waals surface area contributed by atoms with Crippen molar-refractivity contribution in [2.45, 2.75) is 65.5 Å². The number of nitrogens with zero attached hydrogens (tertiary/aromatic N) is 1. The van der Waals surface area contributed by atoms with Crippen LogP contribution in [-0.2, 0) is 13.0 Å². The normalized spacial score (nSPS) is 17.8. The average molecular weight is 245 g/mol. The molecule has 0 saturated carbocycles. The molecule has 1 unspecified atom stereocenters. The summed E-state index contributed by atoms with van der Waals surface area (Å²) < 4.78 is 0. The van der Waals surface area contributed by atoms with Crippen molar-refractivity contribution >= 4 is 0 Å². The average Bonchev–Trinajstić information content (AvgIpc) is 2.37. The maximum absolute atomic E-state index is 2.64. The van der Waals surface area contributed by atoms with Crippen molar-refractivity contribution in [2.24, 2.45) is 0 Å². The van der Waals surface area contributed by atoms with Crippen LogP contribution in [0.4, 0.5) is 0 Å². The summed E-state index contributed by atoms with van der Waals surface area (Å²) in [5.41, 5.74) is 4.62. The number of hydrogen-bond acceptors (Lipinski definition) is 1. The maximum atomic E-state index is 2.64. The highest BCUT2D eigenvalue weighted by Crippen LogP contribution is 2.25. The van der Waals surface area contributed by atoms with E-state index in [1.807, 2.05) is 0 Å². The van der Waals surface area contributed by atoms with E-state index in [0.717, 1.165) is 12.6 Å². The summed E-state index contributed by atoms with van der Waals surface area (Å²) in [4.78, 5) is 2.64. The van der Waals surface area contributed by atoms with E-state index in [2.05, 4.69) is 50.8 Å². The van der Waals surface area contributed by atoms with Crippen LogP contribution in [0.1, 0.15) is 63.1 Å². The highest BCUT2D eigenvalue weighted by molar-refractivity contribution is 5.35. The molecule has 0 radical (unpaired) electrons. The molecule has 18 heavy (non-hydrogen) atoms. The molecule has 1 aromatic carbocycles. The maximum Gasteiger partial charge on any atom is 0.0239 e. The first-order valence-electron chi connectivity index (χ1n) is 7.47. The second-order valence-corrected chi connectivity index (χ2v) is 6.04. The SMILES string of the molecule is CCCC(C)N1CCc2cc(C(C)C)ccc2C1. The van der Waals surface area contributed by atoms with Gasteiger partial charge in [0.1, 0.15) is 0 Å². The van der Waals surface area contributed by atoms with Crippen molar-refractivity contribution in [2.75, 3.05) is 6.54 Å². The Morgan fingerprint density at radius 2 is 1.94 bits per heavy atom. The van der Waals surface area contributed by atoms with Gasteiger partial charge in [0.25, 0.3) is 0 Å². The van der Waals surface area contributed by atoms with Gasteiger partial charge in [-0.05, 0) is 42.4 Å². The largest absolute Gasteiger partial charge is 0.296 e. The van der Waals surface area contributed by atoms with E-state index in [1.165, 1.54) is 31.4 Å². The molecule has 1 nitrogen and oxygen atoms in total. The Bertz CT molecular complexity index is 395. The molecule has 1 aliphatic heterocycles. The van der Waals surface area contributed by atoms with Gasteiger partial charge in [-0.25, -0.2) is 0 Å². The van der Waals surface area contributed by atoms with Crippen LogP contribution in [0.25, 0.3) is 0 Å². The lowest BCUT2D eigenvalue weighted by Crippen LogP contribution is -2.37. The molecule has 2 rings (SSSR count). The van der Waals surface area contributed by atoms with Gasteiger partial charge in [0.15, 0.2) is 0 Å². The summed E-state index contributed by atoms with van der Waals surface area (Å²) >= 11 is 0. The fourth-order valence-corrected chi connectivity index (χ4v) is 2.93. The van der Waals surface area contributed by atoms with E-state index >= 15 is 0 Å². The van der Waals surface area contributed by atoms with E-state index in [0.29, 0.717) is 5.92 Å². The minimum atomic E-state index is 0.646. The van der Waals surface area contributed by atoms with Crippen LogP contribution in [0.3, 0.4) is 0 Å². The molecule has 0 N–H and O–H groups in total. The van der Waals surface area contributed by atoms with E-state index in [1.54, 1.807) is 11.1 Å². The van der Waals surface area contributed by atoms with Gasteiger partial charge >= 0.3 is 0 Å². The lowest BCUT2D eigenvalue weighted by Gasteiger charge is -2.34. The standard InChI is InChI=1S/C17H27N/c1-5-6-14(4)18-10-9-16-11-15(13(2)3)7-8-17(16)12-18/h7-8,11,13-14H,5-6,9-10,12H2,1-4H3. The molecule has 0 aliphatic carbocycles. The van der Waals surface area contributed by atoms with Gasteiger partial charge < -0.3 is 0 Å². The Hall–Kier alpha value is -0.820. The molecule has 1 aromatic rings. The van der Waals surface area contributed by atoms with Gasteiger partial charge in [0.2, 0.25) is 0 Å². The number of benzene rings is 1. The highest BCUT2D eigenvalue weighted by Gasteiger charge is 2.20. The van der Waals surface area contributed by atoms with Crippen molar-refractivity contribution in [3.63, 3.8) is 0 Å². The Labute approximate surface area is 112 Å². The molecular weight excluding hydrogens is 218 g/mol. The molecule has 0 aromatic heterocycles. The molecule has 0 saturated heterocycles. The molecule has 0 spiro atoms. The van der Waals surface area contributed by atoms with Crippen molar-refractivity contribution in [1.29, 1.82) is 0 Å². The van der Waals surface area contributed by atoms with Crippen LogP contribution in [-0.4, -0.2) is 17.5 Å². The number of fused-ring (bicyclic) bond motifs is 1. The Kier molecular flexibility index (Phi) is 4.45. The molecule has 1 aliphatic rings. The third-order valence-electron chi connectivity index (χ3n) is 4.27. The van der Waals surface area contributed by atoms with E-state index in [-0.39, 0.29) is 0 Å². The van der Waals surface area contributed by atoms with Gasteiger partial charge in [-0.3, -0.25) is 4.90 Å². The second-order valence-electron chi connectivity index (χ2n) is 6.04. The number of hydrogen-bond donors (Lipinski definition) is 0. The van der Waals surface area contributed by atoms with Gasteiger partial charge in [-0.1, -0.05) is 45.4 Å². The predicted octanol–water partition coefficient (Wildman–Crippen LogP) is 4.36. The summed E-state index contributed by atoms with van der Waals surface area (Å²) in [5.74, 6) is 0.646. The highest BCUT2D eigenvalue weighted by atomic mass is 15.2. The molecule has 100 valence electrons. The van der Waals surface area contributed by atoms with Gasteiger partial charge in [0, 0.05) is 19.1 Å². The first-order chi connectivity index (χ1) is 8.61. The quantitative estimate of drug-likeness (QED) is 0.762. The Morgan fingerprint density at radius 1 is 1.17 bits per heavy atom. The molecular formula is C17H27N. The first-order valence-corrected chi connectivity index (χ1v) is 7.47.